The van der Waals surface area contributed by atoms with E-state index in [-0.39, 0.29) is 0 Å². The molecular weight excluding hydrogens is 486 g/mol. The minimum Gasteiger partial charge on any atom is -0.497 e. The van der Waals surface area contributed by atoms with Gasteiger partial charge < -0.3 is 14.7 Å². The molecule has 0 unspecified atom stereocenters. The Hall–Kier alpha value is -2.77. The molecule has 1 aromatic heterocycles. The van der Waals surface area contributed by atoms with Crippen LogP contribution in [0.15, 0.2) is 42.6 Å². The van der Waals surface area contributed by atoms with Crippen molar-refractivity contribution < 1.29 is 23.4 Å². The average Bonchev–Trinajstić information content (AvgIpc) is 2.88. The lowest BCUT2D eigenvalue weighted by molar-refractivity contribution is -0.152. The second-order valence-corrected chi connectivity index (χ2v) is 9.97. The van der Waals surface area contributed by atoms with Crippen molar-refractivity contribution in [1.82, 2.24) is 9.88 Å². The van der Waals surface area contributed by atoms with Gasteiger partial charge in [-0.05, 0) is 100.0 Å². The van der Waals surface area contributed by atoms with E-state index < -0.39 is 23.0 Å². The number of ether oxygens (including phenoxy) is 1. The van der Waals surface area contributed by atoms with Crippen LogP contribution in [0.4, 0.5) is 8.78 Å². The maximum absolute atomic E-state index is 13.9. The third-order valence-electron chi connectivity index (χ3n) is 7.44. The van der Waals surface area contributed by atoms with Crippen molar-refractivity contribution >= 4 is 28.5 Å². The summed E-state index contributed by atoms with van der Waals surface area (Å²) in [6.45, 7) is 2.08. The number of methoxy groups -OCH3 is 1. The molecule has 2 aromatic carbocycles. The number of aromatic nitrogens is 1. The first-order valence-electron chi connectivity index (χ1n) is 12.3. The monoisotopic (exact) mass is 516 g/mol. The number of piperidine rings is 1. The zero-order valence-corrected chi connectivity index (χ0v) is 21.2. The molecule has 4 rings (SSSR count). The predicted octanol–water partition coefficient (Wildman–Crippen LogP) is 6.30. The first-order valence-corrected chi connectivity index (χ1v) is 12.7. The van der Waals surface area contributed by atoms with Crippen LogP contribution < -0.4 is 4.74 Å². The highest BCUT2D eigenvalue weighted by atomic mass is 35.5. The molecule has 1 aliphatic rings. The number of aliphatic carboxylic acids is 1. The summed E-state index contributed by atoms with van der Waals surface area (Å²) < 4.78 is 32.6. The van der Waals surface area contributed by atoms with E-state index in [1.54, 1.807) is 19.4 Å². The summed E-state index contributed by atoms with van der Waals surface area (Å²) in [4.78, 5) is 18.9. The Morgan fingerprint density at radius 1 is 1.17 bits per heavy atom. The average molecular weight is 517 g/mol. The molecule has 3 aromatic rings. The second-order valence-electron chi connectivity index (χ2n) is 9.56. The van der Waals surface area contributed by atoms with E-state index in [0.29, 0.717) is 68.6 Å². The fourth-order valence-corrected chi connectivity index (χ4v) is 5.44. The zero-order chi connectivity index (χ0) is 25.7. The highest BCUT2D eigenvalue weighted by Gasteiger charge is 2.40. The zero-order valence-electron chi connectivity index (χ0n) is 20.4. The van der Waals surface area contributed by atoms with Gasteiger partial charge in [0.05, 0.1) is 23.1 Å². The number of carboxylic acid groups (broad SMARTS) is 1. The van der Waals surface area contributed by atoms with Crippen LogP contribution in [0.2, 0.25) is 5.02 Å². The highest BCUT2D eigenvalue weighted by molar-refractivity contribution is 6.32. The van der Waals surface area contributed by atoms with E-state index in [1.165, 1.54) is 6.07 Å². The van der Waals surface area contributed by atoms with Crippen LogP contribution in [0.1, 0.15) is 43.2 Å². The van der Waals surface area contributed by atoms with Crippen LogP contribution in [0.3, 0.4) is 0 Å². The normalized spacial score (nSPS) is 15.8. The van der Waals surface area contributed by atoms with Crippen molar-refractivity contribution in [3.05, 3.63) is 70.4 Å². The number of aryl methyl sites for hydroxylation is 2. The molecule has 8 heteroatoms. The Labute approximate surface area is 215 Å². The molecule has 0 saturated carbocycles. The first-order chi connectivity index (χ1) is 17.3. The summed E-state index contributed by atoms with van der Waals surface area (Å²) in [5.41, 5.74) is 1.41. The lowest BCUT2D eigenvalue weighted by atomic mass is 9.74. The van der Waals surface area contributed by atoms with Crippen LogP contribution >= 0.6 is 11.6 Å². The van der Waals surface area contributed by atoms with Crippen molar-refractivity contribution in [2.75, 3.05) is 26.7 Å². The number of halogens is 3. The lowest BCUT2D eigenvalue weighted by Crippen LogP contribution is -2.44. The maximum Gasteiger partial charge on any atom is 0.309 e. The van der Waals surface area contributed by atoms with Gasteiger partial charge >= 0.3 is 5.97 Å². The third kappa shape index (κ3) is 5.79. The van der Waals surface area contributed by atoms with Gasteiger partial charge in [0, 0.05) is 11.6 Å². The molecule has 2 heterocycles. The lowest BCUT2D eigenvalue weighted by Gasteiger charge is -2.39. The fourth-order valence-electron chi connectivity index (χ4n) is 5.20. The van der Waals surface area contributed by atoms with Gasteiger partial charge in [0.1, 0.15) is 5.75 Å². The minimum atomic E-state index is -0.822. The number of pyridine rings is 1. The Kier molecular flexibility index (Phi) is 8.42. The molecule has 192 valence electrons. The minimum absolute atomic E-state index is 0.381. The summed E-state index contributed by atoms with van der Waals surface area (Å²) in [6.07, 6.45) is 5.84. The number of hydrogen-bond donors (Lipinski definition) is 1. The van der Waals surface area contributed by atoms with Gasteiger partial charge in [-0.25, -0.2) is 8.78 Å². The van der Waals surface area contributed by atoms with Crippen molar-refractivity contribution in [3.63, 3.8) is 0 Å². The number of hydrogen-bond acceptors (Lipinski definition) is 4. The van der Waals surface area contributed by atoms with E-state index >= 15 is 0 Å². The molecule has 1 N–H and O–H groups in total. The van der Waals surface area contributed by atoms with Gasteiger partial charge in [-0.15, -0.1) is 0 Å². The molecular formula is C28H31ClF2N2O3. The number of nitrogens with zero attached hydrogens (tertiary/aromatic N) is 2. The third-order valence-corrected chi connectivity index (χ3v) is 7.76. The molecule has 1 fully saturated rings. The fraction of sp³-hybridized carbons (Fsp3) is 0.429. The molecule has 0 atom stereocenters. The molecule has 1 aliphatic heterocycles. The van der Waals surface area contributed by atoms with Gasteiger partial charge in [0.25, 0.3) is 0 Å². The van der Waals surface area contributed by atoms with Crippen molar-refractivity contribution in [1.29, 1.82) is 0 Å². The second kappa shape index (κ2) is 11.5. The first kappa shape index (κ1) is 26.3. The largest absolute Gasteiger partial charge is 0.497 e. The quantitative estimate of drug-likeness (QED) is 0.343. The van der Waals surface area contributed by atoms with E-state index in [2.05, 4.69) is 9.88 Å². The molecule has 0 amide bonds. The van der Waals surface area contributed by atoms with Crippen LogP contribution in [0, 0.1) is 17.0 Å². The summed E-state index contributed by atoms with van der Waals surface area (Å²) in [7, 11) is 1.61. The molecule has 1 saturated heterocycles. The number of benzene rings is 2. The van der Waals surface area contributed by atoms with Gasteiger partial charge in [0.2, 0.25) is 0 Å². The van der Waals surface area contributed by atoms with E-state index in [9.17, 15) is 18.7 Å². The SMILES string of the molecule is COc1ccc2ncc(Cl)c(CCCC3(C(=O)O)CCN(CCCc4cccc(F)c4F)CC3)c2c1. The van der Waals surface area contributed by atoms with Gasteiger partial charge in [-0.1, -0.05) is 23.7 Å². The molecule has 0 bridgehead atoms. The van der Waals surface area contributed by atoms with E-state index in [1.807, 2.05) is 18.2 Å². The Morgan fingerprint density at radius 3 is 2.67 bits per heavy atom. The van der Waals surface area contributed by atoms with E-state index in [4.69, 9.17) is 16.3 Å². The smallest absolute Gasteiger partial charge is 0.309 e. The standard InChI is InChI=1S/C28H31ClF2N2O3/c1-36-20-9-10-25-22(17-20)21(23(29)18-32-25)7-3-11-28(27(34)35)12-15-33(16-13-28)14-4-6-19-5-2-8-24(30)26(19)31/h2,5,8-10,17-18H,3-4,6-7,11-16H2,1H3,(H,34,35). The van der Waals surface area contributed by atoms with Crippen LogP contribution in [-0.4, -0.2) is 47.7 Å². The Bertz CT molecular complexity index is 1230. The predicted molar refractivity (Wildman–Crippen MR) is 137 cm³/mol. The number of fused-ring (bicyclic) bond motifs is 1. The highest BCUT2D eigenvalue weighted by Crippen LogP contribution is 2.38. The molecule has 0 radical (unpaired) electrons. The number of carboxylic acids is 1. The molecule has 36 heavy (non-hydrogen) atoms. The maximum atomic E-state index is 13.9. The summed E-state index contributed by atoms with van der Waals surface area (Å²) in [5, 5.41) is 11.6. The van der Waals surface area contributed by atoms with Crippen LogP contribution in [0.5, 0.6) is 5.75 Å². The van der Waals surface area contributed by atoms with Crippen LogP contribution in [-0.2, 0) is 17.6 Å². The summed E-state index contributed by atoms with van der Waals surface area (Å²) in [6, 6.07) is 9.92. The van der Waals surface area contributed by atoms with Gasteiger partial charge in [0.15, 0.2) is 11.6 Å². The van der Waals surface area contributed by atoms with Crippen molar-refractivity contribution in [3.8, 4) is 5.75 Å². The van der Waals surface area contributed by atoms with Gasteiger partial charge in [-0.3, -0.25) is 9.78 Å². The van der Waals surface area contributed by atoms with Gasteiger partial charge in [-0.2, -0.15) is 0 Å². The number of rotatable bonds is 10. The Morgan fingerprint density at radius 2 is 1.94 bits per heavy atom. The molecule has 0 aliphatic carbocycles. The topological polar surface area (TPSA) is 62.7 Å². The van der Waals surface area contributed by atoms with Crippen molar-refractivity contribution in [2.24, 2.45) is 5.41 Å². The number of carbonyl (C=O) groups is 1. The molecule has 0 spiro atoms. The molecule has 5 nitrogen and oxygen atoms in total. The van der Waals surface area contributed by atoms with E-state index in [0.717, 1.165) is 34.8 Å². The summed E-state index contributed by atoms with van der Waals surface area (Å²) >= 11 is 6.48. The summed E-state index contributed by atoms with van der Waals surface area (Å²) in [5.74, 6) is -1.63. The van der Waals surface area contributed by atoms with Crippen molar-refractivity contribution in [2.45, 2.75) is 44.9 Å². The number of likely N-dealkylation sites (tertiary alicyclic amines) is 1. The Balaban J connectivity index is 1.33. The van der Waals surface area contributed by atoms with Crippen LogP contribution in [0.25, 0.3) is 10.9 Å².